The van der Waals surface area contributed by atoms with Crippen LogP contribution in [0.1, 0.15) is 26.7 Å². The Morgan fingerprint density at radius 3 is 2.89 bits per heavy atom. The van der Waals surface area contributed by atoms with Gasteiger partial charge in [-0.25, -0.2) is 0 Å². The van der Waals surface area contributed by atoms with Crippen molar-refractivity contribution in [3.05, 3.63) is 23.2 Å². The zero-order valence-electron chi connectivity index (χ0n) is 10.7. The fourth-order valence-corrected chi connectivity index (χ4v) is 2.78. The number of anilines is 1. The Balaban J connectivity index is 2.48. The minimum absolute atomic E-state index is 0.0141. The van der Waals surface area contributed by atoms with Gasteiger partial charge >= 0.3 is 0 Å². The lowest BCUT2D eigenvalue weighted by atomic mass is 10.2. The van der Waals surface area contributed by atoms with Gasteiger partial charge in [-0.1, -0.05) is 31.0 Å². The first-order valence-electron chi connectivity index (χ1n) is 6.00. The number of hydrogen-bond acceptors (Lipinski definition) is 3. The molecule has 1 aromatic carbocycles. The molecule has 3 nitrogen and oxygen atoms in total. The van der Waals surface area contributed by atoms with E-state index in [1.54, 1.807) is 18.2 Å². The number of nitrogen functional groups attached to an aromatic ring is 1. The van der Waals surface area contributed by atoms with Crippen molar-refractivity contribution in [3.63, 3.8) is 0 Å². The first kappa shape index (κ1) is 15.2. The molecule has 0 fully saturated rings. The number of carbonyl (C=O) groups is 1. The molecule has 0 radical (unpaired) electrons. The number of nitrogens with two attached hydrogens (primary N) is 1. The van der Waals surface area contributed by atoms with Crippen LogP contribution in [0, 0.1) is 0 Å². The van der Waals surface area contributed by atoms with E-state index in [1.807, 2.05) is 6.92 Å². The van der Waals surface area contributed by atoms with Gasteiger partial charge in [0.1, 0.15) is 0 Å². The second-order valence-corrected chi connectivity index (χ2v) is 5.60. The van der Waals surface area contributed by atoms with Gasteiger partial charge in [0.25, 0.3) is 0 Å². The zero-order chi connectivity index (χ0) is 13.5. The number of hydrogen-bond donors (Lipinski definition) is 2. The Kier molecular flexibility index (Phi) is 6.36. The third kappa shape index (κ3) is 4.78. The minimum Gasteiger partial charge on any atom is -0.398 e. The summed E-state index contributed by atoms with van der Waals surface area (Å²) in [6.45, 7) is 4.11. The van der Waals surface area contributed by atoms with Gasteiger partial charge in [0, 0.05) is 16.6 Å². The lowest BCUT2D eigenvalue weighted by Crippen LogP contribution is -2.33. The van der Waals surface area contributed by atoms with Crippen LogP contribution in [0.5, 0.6) is 0 Å². The van der Waals surface area contributed by atoms with Gasteiger partial charge < -0.3 is 11.1 Å². The highest BCUT2D eigenvalue weighted by atomic mass is 35.5. The summed E-state index contributed by atoms with van der Waals surface area (Å²) in [6.07, 6.45) is 2.05. The number of rotatable bonds is 6. The monoisotopic (exact) mass is 286 g/mol. The molecule has 3 N–H and O–H groups in total. The molecule has 1 aromatic rings. The van der Waals surface area contributed by atoms with Crippen molar-refractivity contribution >= 4 is 35.0 Å². The molecule has 0 saturated carbocycles. The minimum atomic E-state index is 0.0141. The number of halogens is 1. The molecule has 0 aliphatic carbocycles. The van der Waals surface area contributed by atoms with Crippen LogP contribution in [0.3, 0.4) is 0 Å². The maximum absolute atomic E-state index is 11.7. The van der Waals surface area contributed by atoms with Crippen molar-refractivity contribution in [3.8, 4) is 0 Å². The molecule has 0 heterocycles. The summed E-state index contributed by atoms with van der Waals surface area (Å²) in [4.78, 5) is 12.5. The number of amides is 1. The Morgan fingerprint density at radius 1 is 1.56 bits per heavy atom. The molecule has 0 bridgehead atoms. The smallest absolute Gasteiger partial charge is 0.230 e. The van der Waals surface area contributed by atoms with E-state index in [2.05, 4.69) is 12.2 Å². The van der Waals surface area contributed by atoms with Crippen LogP contribution >= 0.6 is 23.4 Å². The topological polar surface area (TPSA) is 55.1 Å². The van der Waals surface area contributed by atoms with E-state index in [0.717, 1.165) is 17.7 Å². The van der Waals surface area contributed by atoms with Crippen molar-refractivity contribution in [1.29, 1.82) is 0 Å². The van der Waals surface area contributed by atoms with E-state index in [1.165, 1.54) is 11.8 Å². The Bertz CT molecular complexity index is 392. The Hall–Kier alpha value is -0.870. The average Bonchev–Trinajstić information content (AvgIpc) is 2.28. The second-order valence-electron chi connectivity index (χ2n) is 4.20. The molecule has 0 spiro atoms. The molecule has 18 heavy (non-hydrogen) atoms. The molecule has 0 aliphatic rings. The molecular weight excluding hydrogens is 268 g/mol. The quantitative estimate of drug-likeness (QED) is 0.623. The van der Waals surface area contributed by atoms with E-state index < -0.39 is 0 Å². The fraction of sp³-hybridized carbons (Fsp3) is 0.462. The van der Waals surface area contributed by atoms with Crippen LogP contribution in [0.15, 0.2) is 23.1 Å². The molecule has 1 unspecified atom stereocenters. The molecule has 5 heteroatoms. The SMILES string of the molecule is CCCC(C)NC(=O)CSc1c(N)cccc1Cl. The van der Waals surface area contributed by atoms with Crippen LogP contribution in [0.25, 0.3) is 0 Å². The number of benzene rings is 1. The van der Waals surface area contributed by atoms with Crippen molar-refractivity contribution in [2.45, 2.75) is 37.6 Å². The molecule has 0 aromatic heterocycles. The standard InChI is InChI=1S/C13H19ClN2OS/c1-3-5-9(2)16-12(17)8-18-13-10(14)6-4-7-11(13)15/h4,6-7,9H,3,5,8,15H2,1-2H3,(H,16,17). The maximum atomic E-state index is 11.7. The van der Waals surface area contributed by atoms with Gasteiger partial charge in [0.05, 0.1) is 10.8 Å². The predicted molar refractivity (Wildman–Crippen MR) is 79.1 cm³/mol. The largest absolute Gasteiger partial charge is 0.398 e. The molecule has 0 saturated heterocycles. The zero-order valence-corrected chi connectivity index (χ0v) is 12.3. The number of nitrogens with one attached hydrogen (secondary N) is 1. The first-order valence-corrected chi connectivity index (χ1v) is 7.37. The maximum Gasteiger partial charge on any atom is 0.230 e. The van der Waals surface area contributed by atoms with Crippen molar-refractivity contribution < 1.29 is 4.79 Å². The van der Waals surface area contributed by atoms with Crippen molar-refractivity contribution in [1.82, 2.24) is 5.32 Å². The van der Waals surface area contributed by atoms with Gasteiger partial charge in [-0.2, -0.15) is 0 Å². The molecule has 0 aliphatic heterocycles. The van der Waals surface area contributed by atoms with E-state index in [4.69, 9.17) is 17.3 Å². The van der Waals surface area contributed by atoms with Gasteiger partial charge in [-0.15, -0.1) is 11.8 Å². The second kappa shape index (κ2) is 7.54. The highest BCUT2D eigenvalue weighted by molar-refractivity contribution is 8.00. The molecule has 1 atom stereocenters. The van der Waals surface area contributed by atoms with Gasteiger partial charge in [-0.05, 0) is 25.5 Å². The third-order valence-corrected chi connectivity index (χ3v) is 4.05. The highest BCUT2D eigenvalue weighted by Crippen LogP contribution is 2.32. The lowest BCUT2D eigenvalue weighted by Gasteiger charge is -2.13. The lowest BCUT2D eigenvalue weighted by molar-refractivity contribution is -0.119. The normalized spacial score (nSPS) is 12.2. The van der Waals surface area contributed by atoms with Crippen LogP contribution < -0.4 is 11.1 Å². The van der Waals surface area contributed by atoms with Gasteiger partial charge in [0.15, 0.2) is 0 Å². The van der Waals surface area contributed by atoms with Crippen LogP contribution in [-0.2, 0) is 4.79 Å². The van der Waals surface area contributed by atoms with Crippen LogP contribution in [0.2, 0.25) is 5.02 Å². The Labute approximate surface area is 117 Å². The van der Waals surface area contributed by atoms with E-state index in [9.17, 15) is 4.79 Å². The fourth-order valence-electron chi connectivity index (χ4n) is 1.64. The van der Waals surface area contributed by atoms with Crippen LogP contribution in [0.4, 0.5) is 5.69 Å². The van der Waals surface area contributed by atoms with Crippen LogP contribution in [-0.4, -0.2) is 17.7 Å². The van der Waals surface area contributed by atoms with Gasteiger partial charge in [-0.3, -0.25) is 4.79 Å². The highest BCUT2D eigenvalue weighted by Gasteiger charge is 2.10. The Morgan fingerprint density at radius 2 is 2.28 bits per heavy atom. The molecule has 100 valence electrons. The summed E-state index contributed by atoms with van der Waals surface area (Å²) >= 11 is 7.41. The summed E-state index contributed by atoms with van der Waals surface area (Å²) in [7, 11) is 0. The predicted octanol–water partition coefficient (Wildman–Crippen LogP) is 3.32. The van der Waals surface area contributed by atoms with Crippen molar-refractivity contribution in [2.75, 3.05) is 11.5 Å². The summed E-state index contributed by atoms with van der Waals surface area (Å²) < 4.78 is 0. The van der Waals surface area contributed by atoms with Crippen molar-refractivity contribution in [2.24, 2.45) is 0 Å². The molecule has 1 rings (SSSR count). The molecule has 1 amide bonds. The number of carbonyl (C=O) groups excluding carboxylic acids is 1. The number of thioether (sulfide) groups is 1. The molecular formula is C13H19ClN2OS. The van der Waals surface area contributed by atoms with E-state index in [0.29, 0.717) is 16.5 Å². The van der Waals surface area contributed by atoms with Gasteiger partial charge in [0.2, 0.25) is 5.91 Å². The summed E-state index contributed by atoms with van der Waals surface area (Å²) in [5.41, 5.74) is 6.43. The average molecular weight is 287 g/mol. The summed E-state index contributed by atoms with van der Waals surface area (Å²) in [6, 6.07) is 5.57. The van der Waals surface area contributed by atoms with E-state index >= 15 is 0 Å². The summed E-state index contributed by atoms with van der Waals surface area (Å²) in [5.74, 6) is 0.349. The van der Waals surface area contributed by atoms with E-state index in [-0.39, 0.29) is 11.9 Å². The summed E-state index contributed by atoms with van der Waals surface area (Å²) in [5, 5.41) is 3.54. The third-order valence-electron chi connectivity index (χ3n) is 2.47. The first-order chi connectivity index (χ1) is 8.54.